The molecule has 0 bridgehead atoms. The highest BCUT2D eigenvalue weighted by Gasteiger charge is 2.34. The van der Waals surface area contributed by atoms with Gasteiger partial charge in [-0.05, 0) is 32.1 Å². The van der Waals surface area contributed by atoms with Gasteiger partial charge in [0.2, 0.25) is 0 Å². The molecule has 0 fully saturated rings. The van der Waals surface area contributed by atoms with Crippen LogP contribution in [0.15, 0.2) is 0 Å². The van der Waals surface area contributed by atoms with E-state index in [1.165, 1.54) is 0 Å². The predicted octanol–water partition coefficient (Wildman–Crippen LogP) is 4.86. The van der Waals surface area contributed by atoms with E-state index in [4.69, 9.17) is 9.05 Å². The van der Waals surface area contributed by atoms with E-state index >= 15 is 0 Å². The minimum Gasteiger partial charge on any atom is -0.305 e. The maximum atomic E-state index is 12.4. The van der Waals surface area contributed by atoms with Crippen molar-refractivity contribution in [1.29, 1.82) is 0 Å². The topological polar surface area (TPSA) is 35.5 Å². The van der Waals surface area contributed by atoms with Gasteiger partial charge < -0.3 is 9.05 Å². The van der Waals surface area contributed by atoms with Gasteiger partial charge in [-0.2, -0.15) is 0 Å². The lowest BCUT2D eigenvalue weighted by molar-refractivity contribution is 0.0247. The molecule has 0 aliphatic heterocycles. The van der Waals surface area contributed by atoms with E-state index in [1.807, 2.05) is 27.7 Å². The first-order valence-electron chi connectivity index (χ1n) is 6.42. The SMILES string of the molecule is CCC(C)(CC)OP(C)(=O)OC(C)C(C)(C)C. The van der Waals surface area contributed by atoms with Crippen molar-refractivity contribution in [3.05, 3.63) is 0 Å². The largest absolute Gasteiger partial charge is 0.328 e. The number of hydrogen-bond acceptors (Lipinski definition) is 3. The molecular weight excluding hydrogens is 235 g/mol. The van der Waals surface area contributed by atoms with Gasteiger partial charge in [0.1, 0.15) is 0 Å². The Labute approximate surface area is 107 Å². The van der Waals surface area contributed by atoms with E-state index in [2.05, 4.69) is 20.8 Å². The van der Waals surface area contributed by atoms with E-state index in [0.29, 0.717) is 0 Å². The summed E-state index contributed by atoms with van der Waals surface area (Å²) < 4.78 is 23.7. The Kier molecular flexibility index (Phi) is 5.91. The molecule has 2 unspecified atom stereocenters. The smallest absolute Gasteiger partial charge is 0.305 e. The van der Waals surface area contributed by atoms with Crippen LogP contribution in [0, 0.1) is 5.41 Å². The normalized spacial score (nSPS) is 18.8. The molecule has 3 nitrogen and oxygen atoms in total. The first-order chi connectivity index (χ1) is 7.46. The van der Waals surface area contributed by atoms with Gasteiger partial charge in [0.15, 0.2) is 0 Å². The van der Waals surface area contributed by atoms with Crippen molar-refractivity contribution in [3.63, 3.8) is 0 Å². The molecule has 4 heteroatoms. The van der Waals surface area contributed by atoms with Gasteiger partial charge in [-0.1, -0.05) is 34.6 Å². The summed E-state index contributed by atoms with van der Waals surface area (Å²) in [6.07, 6.45) is 1.56. The monoisotopic (exact) mass is 264 g/mol. The Morgan fingerprint density at radius 1 is 1.12 bits per heavy atom. The molecule has 0 saturated carbocycles. The summed E-state index contributed by atoms with van der Waals surface area (Å²) in [6, 6.07) is 0. The molecular formula is C13H29O3P. The molecule has 0 aliphatic rings. The Hall–Kier alpha value is 0.150. The summed E-state index contributed by atoms with van der Waals surface area (Å²) in [4.78, 5) is 0. The lowest BCUT2D eigenvalue weighted by atomic mass is 9.91. The zero-order valence-corrected chi connectivity index (χ0v) is 13.6. The van der Waals surface area contributed by atoms with Crippen LogP contribution in [-0.2, 0) is 13.6 Å². The fourth-order valence-corrected chi connectivity index (χ4v) is 3.24. The minimum atomic E-state index is -3.00. The van der Waals surface area contributed by atoms with E-state index in [9.17, 15) is 4.57 Å². The van der Waals surface area contributed by atoms with E-state index < -0.39 is 7.60 Å². The molecule has 0 aromatic heterocycles. The molecule has 0 spiro atoms. The summed E-state index contributed by atoms with van der Waals surface area (Å²) in [7, 11) is -3.00. The number of rotatable bonds is 6. The summed E-state index contributed by atoms with van der Waals surface area (Å²) in [5.41, 5.74) is -0.397. The van der Waals surface area contributed by atoms with Gasteiger partial charge in [-0.3, -0.25) is 4.57 Å². The lowest BCUT2D eigenvalue weighted by Gasteiger charge is -2.34. The minimum absolute atomic E-state index is 0.0378. The third-order valence-electron chi connectivity index (χ3n) is 3.45. The highest BCUT2D eigenvalue weighted by atomic mass is 31.2. The third-order valence-corrected chi connectivity index (χ3v) is 4.92. The molecule has 2 atom stereocenters. The maximum absolute atomic E-state index is 12.4. The van der Waals surface area contributed by atoms with Crippen molar-refractivity contribution in [2.24, 2.45) is 5.41 Å². The second kappa shape index (κ2) is 5.86. The molecule has 0 saturated heterocycles. The summed E-state index contributed by atoms with van der Waals surface area (Å²) in [5, 5.41) is 0. The van der Waals surface area contributed by atoms with E-state index in [1.54, 1.807) is 6.66 Å². The van der Waals surface area contributed by atoms with Crippen LogP contribution in [0.2, 0.25) is 0 Å². The molecule has 0 rings (SSSR count). The van der Waals surface area contributed by atoms with Crippen molar-refractivity contribution in [2.75, 3.05) is 6.66 Å². The van der Waals surface area contributed by atoms with E-state index in [0.717, 1.165) is 12.8 Å². The second-order valence-corrected chi connectivity index (χ2v) is 8.07. The molecule has 0 N–H and O–H groups in total. The fourth-order valence-electron chi connectivity index (χ4n) is 1.25. The van der Waals surface area contributed by atoms with Gasteiger partial charge >= 0.3 is 7.60 Å². The molecule has 0 aromatic carbocycles. The first kappa shape index (κ1) is 17.2. The van der Waals surface area contributed by atoms with Gasteiger partial charge in [0.25, 0.3) is 0 Å². The first-order valence-corrected chi connectivity index (χ1v) is 8.41. The van der Waals surface area contributed by atoms with Crippen LogP contribution >= 0.6 is 7.60 Å². The summed E-state index contributed by atoms with van der Waals surface area (Å²) in [6.45, 7) is 15.8. The average molecular weight is 264 g/mol. The van der Waals surface area contributed by atoms with Gasteiger partial charge in [-0.15, -0.1) is 0 Å². The maximum Gasteiger partial charge on any atom is 0.328 e. The second-order valence-electron chi connectivity index (χ2n) is 6.13. The molecule has 0 amide bonds. The van der Waals surface area contributed by atoms with Gasteiger partial charge in [-0.25, -0.2) is 0 Å². The van der Waals surface area contributed by atoms with Gasteiger partial charge in [0.05, 0.1) is 11.7 Å². The molecule has 17 heavy (non-hydrogen) atoms. The van der Waals surface area contributed by atoms with Crippen LogP contribution in [-0.4, -0.2) is 18.4 Å². The molecule has 0 heterocycles. The summed E-state index contributed by atoms with van der Waals surface area (Å²) in [5.74, 6) is 0. The van der Waals surface area contributed by atoms with Crippen molar-refractivity contribution >= 4 is 7.60 Å². The van der Waals surface area contributed by atoms with Crippen LogP contribution < -0.4 is 0 Å². The van der Waals surface area contributed by atoms with Crippen molar-refractivity contribution < 1.29 is 13.6 Å². The van der Waals surface area contributed by atoms with Crippen molar-refractivity contribution in [2.45, 2.75) is 73.0 Å². The third kappa shape index (κ3) is 6.03. The van der Waals surface area contributed by atoms with Crippen molar-refractivity contribution in [3.8, 4) is 0 Å². The van der Waals surface area contributed by atoms with Crippen LogP contribution in [0.4, 0.5) is 0 Å². The Morgan fingerprint density at radius 3 is 1.82 bits per heavy atom. The van der Waals surface area contributed by atoms with Crippen LogP contribution in [0.5, 0.6) is 0 Å². The molecule has 0 aromatic rings. The average Bonchev–Trinajstić information content (AvgIpc) is 2.14. The summed E-state index contributed by atoms with van der Waals surface area (Å²) >= 11 is 0. The predicted molar refractivity (Wildman–Crippen MR) is 73.6 cm³/mol. The number of hydrogen-bond donors (Lipinski definition) is 0. The fraction of sp³-hybridized carbons (Fsp3) is 1.00. The molecule has 0 radical (unpaired) electrons. The van der Waals surface area contributed by atoms with Crippen LogP contribution in [0.3, 0.4) is 0 Å². The zero-order valence-electron chi connectivity index (χ0n) is 12.7. The quantitative estimate of drug-likeness (QED) is 0.643. The van der Waals surface area contributed by atoms with E-state index in [-0.39, 0.29) is 17.1 Å². The molecule has 0 aliphatic carbocycles. The molecule has 104 valence electrons. The highest BCUT2D eigenvalue weighted by molar-refractivity contribution is 7.53. The van der Waals surface area contributed by atoms with Crippen LogP contribution in [0.1, 0.15) is 61.3 Å². The van der Waals surface area contributed by atoms with Crippen molar-refractivity contribution in [1.82, 2.24) is 0 Å². The zero-order chi connectivity index (χ0) is 13.9. The standard InChI is InChI=1S/C13H29O3P/c1-9-13(7,10-2)16-17(8,14)15-11(3)12(4,5)6/h11H,9-10H2,1-8H3. The van der Waals surface area contributed by atoms with Gasteiger partial charge in [0, 0.05) is 6.66 Å². The van der Waals surface area contributed by atoms with Crippen LogP contribution in [0.25, 0.3) is 0 Å². The Balaban J connectivity index is 4.65. The highest BCUT2D eigenvalue weighted by Crippen LogP contribution is 2.52. The Morgan fingerprint density at radius 2 is 1.53 bits per heavy atom. The lowest BCUT2D eigenvalue weighted by Crippen LogP contribution is -2.29. The Bertz CT molecular complexity index is 277.